The number of aliphatic carboxylic acids is 1. The van der Waals surface area contributed by atoms with E-state index in [1.54, 1.807) is 6.07 Å². The van der Waals surface area contributed by atoms with Gasteiger partial charge in [0.25, 0.3) is 5.91 Å². The van der Waals surface area contributed by atoms with E-state index in [-0.39, 0.29) is 23.9 Å². The van der Waals surface area contributed by atoms with Crippen molar-refractivity contribution in [1.29, 1.82) is 0 Å². The predicted octanol–water partition coefficient (Wildman–Crippen LogP) is 1.29. The molecule has 1 amide bonds. The highest BCUT2D eigenvalue weighted by Crippen LogP contribution is 2.25. The van der Waals surface area contributed by atoms with Crippen LogP contribution in [0.4, 0.5) is 0 Å². The van der Waals surface area contributed by atoms with E-state index in [0.29, 0.717) is 26.1 Å². The molecule has 0 bridgehead atoms. The minimum Gasteiger partial charge on any atom is -0.481 e. The zero-order chi connectivity index (χ0) is 15.5. The maximum absolute atomic E-state index is 12.3. The number of aromatic amines is 1. The van der Waals surface area contributed by atoms with E-state index in [1.165, 1.54) is 0 Å². The van der Waals surface area contributed by atoms with Crippen molar-refractivity contribution in [2.45, 2.75) is 44.6 Å². The first kappa shape index (κ1) is 15.5. The highest BCUT2D eigenvalue weighted by molar-refractivity contribution is 5.93. The SMILES string of the molecule is CC(C)c1cc(C(=O)NC2(CC(=O)O)CCOCC2)n[nH]1. The molecule has 2 heterocycles. The number of carbonyl (C=O) groups excluding carboxylic acids is 1. The van der Waals surface area contributed by atoms with E-state index in [2.05, 4.69) is 15.5 Å². The summed E-state index contributed by atoms with van der Waals surface area (Å²) in [4.78, 5) is 23.4. The summed E-state index contributed by atoms with van der Waals surface area (Å²) >= 11 is 0. The lowest BCUT2D eigenvalue weighted by Gasteiger charge is -2.36. The summed E-state index contributed by atoms with van der Waals surface area (Å²) in [5, 5.41) is 18.7. The van der Waals surface area contributed by atoms with Gasteiger partial charge in [-0.3, -0.25) is 14.7 Å². The molecule has 0 aromatic carbocycles. The zero-order valence-electron chi connectivity index (χ0n) is 12.3. The van der Waals surface area contributed by atoms with Gasteiger partial charge in [-0.25, -0.2) is 0 Å². The normalized spacial score (nSPS) is 17.7. The number of carbonyl (C=O) groups is 2. The molecule has 2 rings (SSSR count). The molecule has 21 heavy (non-hydrogen) atoms. The smallest absolute Gasteiger partial charge is 0.305 e. The Bertz CT molecular complexity index is 518. The molecule has 0 saturated carbocycles. The van der Waals surface area contributed by atoms with Gasteiger partial charge in [0, 0.05) is 18.9 Å². The molecule has 0 radical (unpaired) electrons. The average Bonchev–Trinajstić information content (AvgIpc) is 2.88. The number of hydrogen-bond acceptors (Lipinski definition) is 4. The van der Waals surface area contributed by atoms with E-state index in [4.69, 9.17) is 9.84 Å². The largest absolute Gasteiger partial charge is 0.481 e. The Morgan fingerprint density at radius 2 is 2.14 bits per heavy atom. The van der Waals surface area contributed by atoms with Gasteiger partial charge in [-0.15, -0.1) is 0 Å². The molecule has 7 nitrogen and oxygen atoms in total. The summed E-state index contributed by atoms with van der Waals surface area (Å²) in [6.45, 7) is 4.90. The van der Waals surface area contributed by atoms with Crippen molar-refractivity contribution in [3.05, 3.63) is 17.5 Å². The number of nitrogens with one attached hydrogen (secondary N) is 2. The van der Waals surface area contributed by atoms with E-state index in [0.717, 1.165) is 5.69 Å². The van der Waals surface area contributed by atoms with Crippen molar-refractivity contribution in [3.63, 3.8) is 0 Å². The molecule has 0 unspecified atom stereocenters. The van der Waals surface area contributed by atoms with Crippen LogP contribution in [0, 0.1) is 0 Å². The van der Waals surface area contributed by atoms with Crippen molar-refractivity contribution in [2.75, 3.05) is 13.2 Å². The van der Waals surface area contributed by atoms with E-state index < -0.39 is 11.5 Å². The van der Waals surface area contributed by atoms with E-state index >= 15 is 0 Å². The van der Waals surface area contributed by atoms with Gasteiger partial charge in [0.1, 0.15) is 5.69 Å². The quantitative estimate of drug-likeness (QED) is 0.759. The predicted molar refractivity (Wildman–Crippen MR) is 75.2 cm³/mol. The molecule has 1 aliphatic rings. The topological polar surface area (TPSA) is 104 Å². The number of aromatic nitrogens is 2. The number of ether oxygens (including phenoxy) is 1. The van der Waals surface area contributed by atoms with Crippen LogP contribution in [-0.2, 0) is 9.53 Å². The standard InChI is InChI=1S/C14H21N3O4/c1-9(2)10-7-11(17-16-10)13(20)15-14(8-12(18)19)3-5-21-6-4-14/h7,9H,3-6,8H2,1-2H3,(H,15,20)(H,16,17)(H,18,19). The highest BCUT2D eigenvalue weighted by Gasteiger charge is 2.37. The molecule has 1 aromatic heterocycles. The number of amides is 1. The first-order chi connectivity index (χ1) is 9.92. The summed E-state index contributed by atoms with van der Waals surface area (Å²) in [6, 6.07) is 1.70. The van der Waals surface area contributed by atoms with Gasteiger partial charge in [-0.2, -0.15) is 5.10 Å². The Morgan fingerprint density at radius 3 is 2.67 bits per heavy atom. The number of hydrogen-bond donors (Lipinski definition) is 3. The van der Waals surface area contributed by atoms with Gasteiger partial charge in [0.15, 0.2) is 0 Å². The van der Waals surface area contributed by atoms with Crippen LogP contribution in [0.25, 0.3) is 0 Å². The Hall–Kier alpha value is -1.89. The molecule has 3 N–H and O–H groups in total. The summed E-state index contributed by atoms with van der Waals surface area (Å²) < 4.78 is 5.26. The number of rotatable bonds is 5. The maximum Gasteiger partial charge on any atom is 0.305 e. The van der Waals surface area contributed by atoms with Crippen molar-refractivity contribution < 1.29 is 19.4 Å². The maximum atomic E-state index is 12.3. The van der Waals surface area contributed by atoms with Crippen LogP contribution in [0.1, 0.15) is 55.2 Å². The Morgan fingerprint density at radius 1 is 1.48 bits per heavy atom. The van der Waals surface area contributed by atoms with Crippen molar-refractivity contribution in [1.82, 2.24) is 15.5 Å². The molecule has 1 aromatic rings. The van der Waals surface area contributed by atoms with Crippen molar-refractivity contribution >= 4 is 11.9 Å². The number of carboxylic acids is 1. The van der Waals surface area contributed by atoms with Gasteiger partial charge in [-0.1, -0.05) is 13.8 Å². The second-order valence-corrected chi connectivity index (χ2v) is 5.78. The lowest BCUT2D eigenvalue weighted by molar-refractivity contribution is -0.139. The van der Waals surface area contributed by atoms with Crippen LogP contribution in [-0.4, -0.2) is 45.9 Å². The summed E-state index contributed by atoms with van der Waals surface area (Å²) in [5.41, 5.74) is 0.410. The third-order valence-electron chi connectivity index (χ3n) is 3.77. The molecular weight excluding hydrogens is 274 g/mol. The number of nitrogens with zero attached hydrogens (tertiary/aromatic N) is 1. The van der Waals surface area contributed by atoms with Crippen molar-refractivity contribution in [2.24, 2.45) is 0 Å². The minimum atomic E-state index is -0.929. The first-order valence-electron chi connectivity index (χ1n) is 7.09. The van der Waals surface area contributed by atoms with Gasteiger partial charge < -0.3 is 15.2 Å². The van der Waals surface area contributed by atoms with Crippen LogP contribution in [0.2, 0.25) is 0 Å². The zero-order valence-corrected chi connectivity index (χ0v) is 12.3. The van der Waals surface area contributed by atoms with Crippen LogP contribution in [0.5, 0.6) is 0 Å². The van der Waals surface area contributed by atoms with Gasteiger partial charge in [0.2, 0.25) is 0 Å². The summed E-state index contributed by atoms with van der Waals surface area (Å²) in [7, 11) is 0. The molecule has 0 aliphatic carbocycles. The van der Waals surface area contributed by atoms with E-state index in [9.17, 15) is 9.59 Å². The lowest BCUT2D eigenvalue weighted by atomic mass is 9.86. The molecule has 1 saturated heterocycles. The molecule has 1 fully saturated rings. The second kappa shape index (κ2) is 6.26. The fraction of sp³-hybridized carbons (Fsp3) is 0.643. The molecular formula is C14H21N3O4. The molecule has 116 valence electrons. The highest BCUT2D eigenvalue weighted by atomic mass is 16.5. The van der Waals surface area contributed by atoms with E-state index in [1.807, 2.05) is 13.8 Å². The van der Waals surface area contributed by atoms with Gasteiger partial charge in [-0.05, 0) is 24.8 Å². The Kier molecular flexibility index (Phi) is 4.62. The monoisotopic (exact) mass is 295 g/mol. The fourth-order valence-corrected chi connectivity index (χ4v) is 2.45. The van der Waals surface area contributed by atoms with Crippen molar-refractivity contribution in [3.8, 4) is 0 Å². The Balaban J connectivity index is 2.11. The Labute approximate surface area is 123 Å². The molecule has 0 atom stereocenters. The summed E-state index contributed by atoms with van der Waals surface area (Å²) in [6.07, 6.45) is 0.878. The molecule has 7 heteroatoms. The minimum absolute atomic E-state index is 0.108. The molecule has 0 spiro atoms. The van der Waals surface area contributed by atoms with Crippen LogP contribution >= 0.6 is 0 Å². The third-order valence-corrected chi connectivity index (χ3v) is 3.77. The lowest BCUT2D eigenvalue weighted by Crippen LogP contribution is -2.53. The second-order valence-electron chi connectivity index (χ2n) is 5.78. The van der Waals surface area contributed by atoms with Gasteiger partial charge >= 0.3 is 5.97 Å². The number of carboxylic acid groups (broad SMARTS) is 1. The number of H-pyrrole nitrogens is 1. The average molecular weight is 295 g/mol. The van der Waals surface area contributed by atoms with Gasteiger partial charge in [0.05, 0.1) is 12.0 Å². The van der Waals surface area contributed by atoms with Crippen LogP contribution in [0.3, 0.4) is 0 Å². The third kappa shape index (κ3) is 3.81. The van der Waals surface area contributed by atoms with Crippen LogP contribution in [0.15, 0.2) is 6.07 Å². The molecule has 1 aliphatic heterocycles. The summed E-state index contributed by atoms with van der Waals surface area (Å²) in [5.74, 6) is -1.03. The first-order valence-corrected chi connectivity index (χ1v) is 7.09. The van der Waals surface area contributed by atoms with Crippen LogP contribution < -0.4 is 5.32 Å². The fourth-order valence-electron chi connectivity index (χ4n) is 2.45.